The quantitative estimate of drug-likeness (QED) is 0.684. The third-order valence-electron chi connectivity index (χ3n) is 2.58. The highest BCUT2D eigenvalue weighted by atomic mass is 79.9. The highest BCUT2D eigenvalue weighted by molar-refractivity contribution is 9.10. The lowest BCUT2D eigenvalue weighted by atomic mass is 10.1. The molecule has 0 saturated heterocycles. The van der Waals surface area contributed by atoms with Gasteiger partial charge in [0.15, 0.2) is 0 Å². The van der Waals surface area contributed by atoms with Crippen LogP contribution in [0, 0.1) is 20.8 Å². The molecular formula is C12H11BrO2. The lowest BCUT2D eigenvalue weighted by Gasteiger charge is -2.07. The highest BCUT2D eigenvalue weighted by Crippen LogP contribution is 2.28. The van der Waals surface area contributed by atoms with Crippen LogP contribution in [0.4, 0.5) is 0 Å². The zero-order chi connectivity index (χ0) is 11.2. The van der Waals surface area contributed by atoms with Crippen LogP contribution in [0.25, 0.3) is 11.0 Å². The van der Waals surface area contributed by atoms with Crippen molar-refractivity contribution in [1.82, 2.24) is 0 Å². The minimum atomic E-state index is -0.261. The van der Waals surface area contributed by atoms with Crippen molar-refractivity contribution >= 4 is 26.9 Å². The van der Waals surface area contributed by atoms with Crippen LogP contribution in [0.1, 0.15) is 16.7 Å². The van der Waals surface area contributed by atoms with Gasteiger partial charge in [0.2, 0.25) is 0 Å². The maximum atomic E-state index is 11.4. The zero-order valence-electron chi connectivity index (χ0n) is 8.85. The molecule has 1 aromatic heterocycles. The van der Waals surface area contributed by atoms with Gasteiger partial charge in [-0.05, 0) is 44.0 Å². The number of fused-ring (bicyclic) bond motifs is 1. The Morgan fingerprint density at radius 3 is 2.47 bits per heavy atom. The van der Waals surface area contributed by atoms with Crippen molar-refractivity contribution in [3.63, 3.8) is 0 Å². The first-order valence-electron chi connectivity index (χ1n) is 4.71. The van der Waals surface area contributed by atoms with Crippen LogP contribution in [0.2, 0.25) is 0 Å². The minimum absolute atomic E-state index is 0.261. The summed E-state index contributed by atoms with van der Waals surface area (Å²) in [5, 5.41) is 0.990. The fourth-order valence-corrected chi connectivity index (χ4v) is 1.98. The maximum Gasteiger partial charge on any atom is 0.339 e. The molecule has 78 valence electrons. The number of hydrogen-bond acceptors (Lipinski definition) is 2. The van der Waals surface area contributed by atoms with Crippen molar-refractivity contribution in [3.8, 4) is 0 Å². The fraction of sp³-hybridized carbons (Fsp3) is 0.250. The first-order chi connectivity index (χ1) is 7.00. The van der Waals surface area contributed by atoms with Gasteiger partial charge in [0, 0.05) is 15.4 Å². The van der Waals surface area contributed by atoms with Gasteiger partial charge < -0.3 is 4.42 Å². The predicted molar refractivity (Wildman–Crippen MR) is 64.4 cm³/mol. The van der Waals surface area contributed by atoms with Crippen LogP contribution in [-0.4, -0.2) is 0 Å². The van der Waals surface area contributed by atoms with E-state index < -0.39 is 0 Å². The van der Waals surface area contributed by atoms with E-state index in [1.165, 1.54) is 0 Å². The third kappa shape index (κ3) is 1.61. The molecule has 1 heterocycles. The molecule has 0 fully saturated rings. The highest BCUT2D eigenvalue weighted by Gasteiger charge is 2.08. The molecule has 2 aromatic rings. The Balaban J connectivity index is 2.99. The molecule has 0 amide bonds. The van der Waals surface area contributed by atoms with Gasteiger partial charge in [-0.1, -0.05) is 15.9 Å². The van der Waals surface area contributed by atoms with Gasteiger partial charge >= 0.3 is 5.63 Å². The van der Waals surface area contributed by atoms with Crippen LogP contribution in [-0.2, 0) is 0 Å². The summed E-state index contributed by atoms with van der Waals surface area (Å²) in [5.74, 6) is 0. The fourth-order valence-electron chi connectivity index (χ4n) is 1.66. The van der Waals surface area contributed by atoms with E-state index >= 15 is 0 Å². The van der Waals surface area contributed by atoms with Crippen molar-refractivity contribution in [2.45, 2.75) is 20.8 Å². The Kier molecular flexibility index (Phi) is 2.43. The first kappa shape index (κ1) is 10.4. The smallest absolute Gasteiger partial charge is 0.339 e. The van der Waals surface area contributed by atoms with Crippen LogP contribution in [0.15, 0.2) is 25.8 Å². The van der Waals surface area contributed by atoms with E-state index in [1.54, 1.807) is 6.92 Å². The van der Waals surface area contributed by atoms with Crippen LogP contribution >= 0.6 is 15.9 Å². The van der Waals surface area contributed by atoms with Crippen LogP contribution in [0.3, 0.4) is 0 Å². The molecule has 1 aromatic carbocycles. The summed E-state index contributed by atoms with van der Waals surface area (Å²) in [5.41, 5.74) is 3.22. The van der Waals surface area contributed by atoms with Gasteiger partial charge in [0.25, 0.3) is 0 Å². The molecule has 2 nitrogen and oxygen atoms in total. The molecule has 0 saturated carbocycles. The maximum absolute atomic E-state index is 11.4. The van der Waals surface area contributed by atoms with E-state index in [1.807, 2.05) is 26.0 Å². The zero-order valence-corrected chi connectivity index (χ0v) is 10.4. The van der Waals surface area contributed by atoms with E-state index in [4.69, 9.17) is 4.42 Å². The van der Waals surface area contributed by atoms with E-state index in [0.717, 1.165) is 21.0 Å². The Bertz CT molecular complexity index is 597. The van der Waals surface area contributed by atoms with Gasteiger partial charge in [-0.3, -0.25) is 0 Å². The number of rotatable bonds is 0. The van der Waals surface area contributed by atoms with E-state index in [9.17, 15) is 4.79 Å². The Morgan fingerprint density at radius 2 is 1.80 bits per heavy atom. The van der Waals surface area contributed by atoms with Crippen molar-refractivity contribution in [2.24, 2.45) is 0 Å². The Morgan fingerprint density at radius 1 is 1.13 bits per heavy atom. The molecule has 0 N–H and O–H groups in total. The first-order valence-corrected chi connectivity index (χ1v) is 5.50. The topological polar surface area (TPSA) is 30.2 Å². The molecule has 0 bridgehead atoms. The average molecular weight is 267 g/mol. The second-order valence-corrected chi connectivity index (χ2v) is 4.55. The number of benzene rings is 1. The van der Waals surface area contributed by atoms with Crippen molar-refractivity contribution < 1.29 is 4.42 Å². The summed E-state index contributed by atoms with van der Waals surface area (Å²) in [6.45, 7) is 5.76. The Hall–Kier alpha value is -1.09. The summed E-state index contributed by atoms with van der Waals surface area (Å²) in [7, 11) is 0. The SMILES string of the molecule is Cc1cc2oc(=O)c(C)cc2c(C)c1Br. The molecule has 0 unspecified atom stereocenters. The molecule has 15 heavy (non-hydrogen) atoms. The molecule has 0 atom stereocenters. The third-order valence-corrected chi connectivity index (χ3v) is 3.80. The van der Waals surface area contributed by atoms with Gasteiger partial charge in [-0.15, -0.1) is 0 Å². The molecule has 0 spiro atoms. The standard InChI is InChI=1S/C12H11BrO2/c1-6-5-10-9(8(3)11(6)13)4-7(2)12(14)15-10/h4-5H,1-3H3. The minimum Gasteiger partial charge on any atom is -0.423 e. The molecule has 0 radical (unpaired) electrons. The van der Waals surface area contributed by atoms with E-state index in [0.29, 0.717) is 11.1 Å². The number of hydrogen-bond donors (Lipinski definition) is 0. The predicted octanol–water partition coefficient (Wildman–Crippen LogP) is 3.48. The molecule has 2 rings (SSSR count). The largest absolute Gasteiger partial charge is 0.423 e. The summed E-state index contributed by atoms with van der Waals surface area (Å²) in [6, 6.07) is 3.76. The van der Waals surface area contributed by atoms with E-state index in [-0.39, 0.29) is 5.63 Å². The lowest BCUT2D eigenvalue weighted by molar-refractivity contribution is 0.554. The molecule has 0 aliphatic carbocycles. The van der Waals surface area contributed by atoms with Crippen molar-refractivity contribution in [1.29, 1.82) is 0 Å². The van der Waals surface area contributed by atoms with Crippen LogP contribution < -0.4 is 5.63 Å². The molecule has 0 aliphatic rings. The summed E-state index contributed by atoms with van der Waals surface area (Å²) in [4.78, 5) is 11.4. The van der Waals surface area contributed by atoms with Crippen molar-refractivity contribution in [2.75, 3.05) is 0 Å². The monoisotopic (exact) mass is 266 g/mol. The average Bonchev–Trinajstić information content (AvgIpc) is 2.19. The summed E-state index contributed by atoms with van der Waals surface area (Å²) < 4.78 is 6.31. The van der Waals surface area contributed by atoms with Crippen molar-refractivity contribution in [3.05, 3.63) is 43.7 Å². The van der Waals surface area contributed by atoms with Gasteiger partial charge in [0.05, 0.1) is 0 Å². The molecule has 0 aliphatic heterocycles. The van der Waals surface area contributed by atoms with E-state index in [2.05, 4.69) is 15.9 Å². The van der Waals surface area contributed by atoms with Gasteiger partial charge in [-0.2, -0.15) is 0 Å². The lowest BCUT2D eigenvalue weighted by Crippen LogP contribution is -2.02. The Labute approximate surface area is 96.0 Å². The summed E-state index contributed by atoms with van der Waals surface area (Å²) >= 11 is 3.52. The number of aryl methyl sites for hydroxylation is 3. The number of halogens is 1. The molecule has 3 heteroatoms. The normalized spacial score (nSPS) is 10.9. The second kappa shape index (κ2) is 3.49. The summed E-state index contributed by atoms with van der Waals surface area (Å²) in [6.07, 6.45) is 0. The second-order valence-electron chi connectivity index (χ2n) is 3.76. The van der Waals surface area contributed by atoms with Crippen LogP contribution in [0.5, 0.6) is 0 Å². The van der Waals surface area contributed by atoms with Gasteiger partial charge in [0.1, 0.15) is 5.58 Å². The van der Waals surface area contributed by atoms with Gasteiger partial charge in [-0.25, -0.2) is 4.79 Å². The molecular weight excluding hydrogens is 256 g/mol.